The van der Waals surface area contributed by atoms with Crippen molar-refractivity contribution in [2.75, 3.05) is 25.2 Å². The molecular formula is C29H30F6N4O4. The van der Waals surface area contributed by atoms with Crippen LogP contribution in [0.25, 0.3) is 0 Å². The summed E-state index contributed by atoms with van der Waals surface area (Å²) in [5, 5.41) is 6.20. The average Bonchev–Trinajstić information content (AvgIpc) is 3.52. The molecule has 0 radical (unpaired) electrons. The van der Waals surface area contributed by atoms with Gasteiger partial charge in [0.2, 0.25) is 0 Å². The first kappa shape index (κ1) is 31.7. The molecule has 0 spiro atoms. The molecule has 0 aliphatic carbocycles. The van der Waals surface area contributed by atoms with Gasteiger partial charge in [0.1, 0.15) is 17.1 Å². The van der Waals surface area contributed by atoms with Crippen LogP contribution in [0.5, 0.6) is 5.75 Å². The SMILES string of the molecule is CCCCOc1cc(CN2CCn3nc(C(F)(F)F)c(C(=O)N[C@@H](C)c4ccc(C(=O)OC)cc4)c32)cc(C(F)(F)F)c1. The number of rotatable bonds is 10. The number of halogens is 6. The Labute approximate surface area is 243 Å². The Balaban J connectivity index is 1.65. The fraction of sp³-hybridized carbons (Fsp3) is 0.414. The summed E-state index contributed by atoms with van der Waals surface area (Å²) in [4.78, 5) is 26.5. The Morgan fingerprint density at radius 2 is 1.72 bits per heavy atom. The molecule has 1 aromatic heterocycles. The number of ether oxygens (including phenoxy) is 2. The van der Waals surface area contributed by atoms with E-state index in [1.54, 1.807) is 6.92 Å². The Morgan fingerprint density at radius 3 is 2.33 bits per heavy atom. The van der Waals surface area contributed by atoms with Gasteiger partial charge in [0.05, 0.1) is 37.4 Å². The molecule has 1 aliphatic heterocycles. The lowest BCUT2D eigenvalue weighted by atomic mass is 10.1. The van der Waals surface area contributed by atoms with Crippen molar-refractivity contribution < 1.29 is 45.4 Å². The number of anilines is 1. The van der Waals surface area contributed by atoms with Crippen molar-refractivity contribution in [1.82, 2.24) is 15.1 Å². The Bertz CT molecular complexity index is 1470. The lowest BCUT2D eigenvalue weighted by molar-refractivity contribution is -0.142. The summed E-state index contributed by atoms with van der Waals surface area (Å²) in [6.07, 6.45) is -8.25. The highest BCUT2D eigenvalue weighted by molar-refractivity contribution is 6.01. The van der Waals surface area contributed by atoms with Crippen LogP contribution in [0.4, 0.5) is 32.2 Å². The quantitative estimate of drug-likeness (QED) is 0.162. The molecule has 2 aromatic carbocycles. The standard InChI is InChI=1S/C29H30F6N4O4/c1-4-5-12-43-22-14-18(13-21(15-22)28(30,31)32)16-38-10-11-39-26(38)23(24(37-39)29(33,34)35)25(40)36-17(2)19-6-8-20(9-7-19)27(41)42-3/h6-9,13-15,17H,4-5,10-12,16H2,1-3H3,(H,36,40)/t17-/m0/s1. The molecule has 14 heteroatoms. The lowest BCUT2D eigenvalue weighted by Crippen LogP contribution is -2.31. The van der Waals surface area contributed by atoms with E-state index >= 15 is 0 Å². The second-order valence-electron chi connectivity index (χ2n) is 10.1. The fourth-order valence-corrected chi connectivity index (χ4v) is 4.74. The van der Waals surface area contributed by atoms with Gasteiger partial charge in [-0.3, -0.25) is 4.79 Å². The summed E-state index contributed by atoms with van der Waals surface area (Å²) in [5.41, 5.74) is -2.17. The molecule has 43 heavy (non-hydrogen) atoms. The molecule has 1 amide bonds. The van der Waals surface area contributed by atoms with Crippen LogP contribution in [-0.2, 0) is 30.2 Å². The maximum absolute atomic E-state index is 14.1. The van der Waals surface area contributed by atoms with Gasteiger partial charge in [-0.05, 0) is 54.8 Å². The van der Waals surface area contributed by atoms with E-state index in [-0.39, 0.29) is 48.9 Å². The van der Waals surface area contributed by atoms with Gasteiger partial charge in [0.25, 0.3) is 5.91 Å². The maximum Gasteiger partial charge on any atom is 0.436 e. The second kappa shape index (κ2) is 12.6. The smallest absolute Gasteiger partial charge is 0.436 e. The van der Waals surface area contributed by atoms with Crippen LogP contribution >= 0.6 is 0 Å². The van der Waals surface area contributed by atoms with Gasteiger partial charge in [0, 0.05) is 13.1 Å². The number of nitrogens with one attached hydrogen (secondary N) is 1. The monoisotopic (exact) mass is 612 g/mol. The first-order valence-corrected chi connectivity index (χ1v) is 13.5. The van der Waals surface area contributed by atoms with E-state index in [4.69, 9.17) is 4.74 Å². The van der Waals surface area contributed by atoms with Crippen molar-refractivity contribution in [2.45, 2.75) is 58.2 Å². The molecule has 3 aromatic rings. The van der Waals surface area contributed by atoms with Crippen molar-refractivity contribution in [3.63, 3.8) is 0 Å². The molecule has 0 fully saturated rings. The Morgan fingerprint density at radius 1 is 1.02 bits per heavy atom. The number of carbonyl (C=O) groups excluding carboxylic acids is 2. The lowest BCUT2D eigenvalue weighted by Gasteiger charge is -2.22. The molecule has 8 nitrogen and oxygen atoms in total. The summed E-state index contributed by atoms with van der Waals surface area (Å²) in [6, 6.07) is 8.42. The van der Waals surface area contributed by atoms with Crippen molar-refractivity contribution in [3.05, 3.63) is 76.0 Å². The van der Waals surface area contributed by atoms with Crippen molar-refractivity contribution in [3.8, 4) is 5.75 Å². The van der Waals surface area contributed by atoms with E-state index in [0.29, 0.717) is 12.0 Å². The number of hydrogen-bond donors (Lipinski definition) is 1. The van der Waals surface area contributed by atoms with E-state index in [2.05, 4.69) is 15.2 Å². The zero-order valence-corrected chi connectivity index (χ0v) is 23.6. The Hall–Kier alpha value is -4.23. The molecule has 232 valence electrons. The fourth-order valence-electron chi connectivity index (χ4n) is 4.74. The highest BCUT2D eigenvalue weighted by Crippen LogP contribution is 2.40. The second-order valence-corrected chi connectivity index (χ2v) is 10.1. The van der Waals surface area contributed by atoms with Crippen LogP contribution < -0.4 is 15.0 Å². The molecule has 1 atom stereocenters. The van der Waals surface area contributed by atoms with Gasteiger partial charge in [-0.2, -0.15) is 31.4 Å². The number of hydrogen-bond acceptors (Lipinski definition) is 6. The molecule has 0 bridgehead atoms. The van der Waals surface area contributed by atoms with Gasteiger partial charge >= 0.3 is 18.3 Å². The number of amides is 1. The average molecular weight is 613 g/mol. The zero-order chi connectivity index (χ0) is 31.5. The van der Waals surface area contributed by atoms with E-state index < -0.39 is 47.1 Å². The summed E-state index contributed by atoms with van der Waals surface area (Å²) in [6.45, 7) is 3.56. The number of nitrogens with zero attached hydrogens (tertiary/aromatic N) is 3. The predicted octanol–water partition coefficient (Wildman–Crippen LogP) is 6.40. The van der Waals surface area contributed by atoms with Crippen molar-refractivity contribution >= 4 is 17.7 Å². The first-order valence-electron chi connectivity index (χ1n) is 13.5. The maximum atomic E-state index is 14.1. The van der Waals surface area contributed by atoms with E-state index in [1.807, 2.05) is 6.92 Å². The van der Waals surface area contributed by atoms with E-state index in [9.17, 15) is 35.9 Å². The normalized spacial score (nSPS) is 13.9. The highest BCUT2D eigenvalue weighted by atomic mass is 19.4. The summed E-state index contributed by atoms with van der Waals surface area (Å²) >= 11 is 0. The minimum absolute atomic E-state index is 0.00490. The molecule has 2 heterocycles. The van der Waals surface area contributed by atoms with Crippen LogP contribution in [-0.4, -0.2) is 41.9 Å². The van der Waals surface area contributed by atoms with Gasteiger partial charge < -0.3 is 19.7 Å². The van der Waals surface area contributed by atoms with Crippen molar-refractivity contribution in [2.24, 2.45) is 0 Å². The summed E-state index contributed by atoms with van der Waals surface area (Å²) in [5.74, 6) is -1.79. The third-order valence-corrected chi connectivity index (χ3v) is 6.92. The van der Waals surface area contributed by atoms with Crippen LogP contribution in [0.1, 0.15) is 75.8 Å². The van der Waals surface area contributed by atoms with Crippen LogP contribution in [0.2, 0.25) is 0 Å². The van der Waals surface area contributed by atoms with E-state index in [1.165, 1.54) is 42.3 Å². The largest absolute Gasteiger partial charge is 0.494 e. The van der Waals surface area contributed by atoms with Crippen LogP contribution in [0.15, 0.2) is 42.5 Å². The summed E-state index contributed by atoms with van der Waals surface area (Å²) in [7, 11) is 1.22. The minimum atomic E-state index is -4.97. The molecule has 4 rings (SSSR count). The molecular weight excluding hydrogens is 582 g/mol. The number of benzene rings is 2. The molecule has 1 aliphatic rings. The third-order valence-electron chi connectivity index (χ3n) is 6.92. The molecule has 0 unspecified atom stereocenters. The number of unbranched alkanes of at least 4 members (excludes halogenated alkanes) is 1. The highest BCUT2D eigenvalue weighted by Gasteiger charge is 2.44. The minimum Gasteiger partial charge on any atom is -0.494 e. The van der Waals surface area contributed by atoms with Crippen LogP contribution in [0, 0.1) is 0 Å². The van der Waals surface area contributed by atoms with Crippen molar-refractivity contribution in [1.29, 1.82) is 0 Å². The number of aromatic nitrogens is 2. The van der Waals surface area contributed by atoms with Gasteiger partial charge in [-0.1, -0.05) is 25.5 Å². The molecule has 0 saturated heterocycles. The first-order chi connectivity index (χ1) is 20.2. The number of alkyl halides is 6. The zero-order valence-electron chi connectivity index (χ0n) is 23.6. The Kier molecular flexibility index (Phi) is 9.26. The predicted molar refractivity (Wildman–Crippen MR) is 144 cm³/mol. The van der Waals surface area contributed by atoms with Gasteiger partial charge in [-0.25, -0.2) is 9.48 Å². The van der Waals surface area contributed by atoms with Crippen LogP contribution in [0.3, 0.4) is 0 Å². The van der Waals surface area contributed by atoms with E-state index in [0.717, 1.165) is 23.2 Å². The number of fused-ring (bicyclic) bond motifs is 1. The summed E-state index contributed by atoms with van der Waals surface area (Å²) < 4.78 is 94.3. The van der Waals surface area contributed by atoms with Gasteiger partial charge in [-0.15, -0.1) is 0 Å². The number of carbonyl (C=O) groups is 2. The molecule has 1 N–H and O–H groups in total. The van der Waals surface area contributed by atoms with Gasteiger partial charge in [0.15, 0.2) is 5.69 Å². The third kappa shape index (κ3) is 7.23. The topological polar surface area (TPSA) is 85.7 Å². The number of methoxy groups -OCH3 is 1. The number of esters is 1. The molecule has 0 saturated carbocycles.